The summed E-state index contributed by atoms with van der Waals surface area (Å²) in [7, 11) is 0. The van der Waals surface area contributed by atoms with Crippen molar-refractivity contribution < 1.29 is 0 Å². The molecule has 0 heterocycles. The van der Waals surface area contributed by atoms with Crippen molar-refractivity contribution in [1.29, 1.82) is 0 Å². The van der Waals surface area contributed by atoms with Gasteiger partial charge in [0.05, 0.1) is 0 Å². The molecule has 0 rings (SSSR count). The van der Waals surface area contributed by atoms with Crippen LogP contribution >= 0.6 is 0 Å². The average molecular weight is 197 g/mol. The van der Waals surface area contributed by atoms with E-state index in [1.165, 1.54) is 32.1 Å². The van der Waals surface area contributed by atoms with Crippen molar-refractivity contribution in [3.63, 3.8) is 0 Å². The lowest BCUT2D eigenvalue weighted by Gasteiger charge is -2.22. The third-order valence-corrected chi connectivity index (χ3v) is 3.06. The van der Waals surface area contributed by atoms with Gasteiger partial charge >= 0.3 is 0 Å². The minimum atomic E-state index is 0.508. The molecular formula is C14H29. The van der Waals surface area contributed by atoms with Crippen LogP contribution < -0.4 is 0 Å². The Morgan fingerprint density at radius 2 is 1.79 bits per heavy atom. The summed E-state index contributed by atoms with van der Waals surface area (Å²) < 4.78 is 0. The molecule has 0 aliphatic heterocycles. The summed E-state index contributed by atoms with van der Waals surface area (Å²) in [6.45, 7) is 14.0. The van der Waals surface area contributed by atoms with Crippen LogP contribution in [-0.4, -0.2) is 0 Å². The molecule has 0 saturated heterocycles. The lowest BCUT2D eigenvalue weighted by molar-refractivity contribution is 0.355. The third kappa shape index (κ3) is 7.41. The summed E-state index contributed by atoms with van der Waals surface area (Å²) in [5.41, 5.74) is 0.508. The molecule has 0 aromatic carbocycles. The Balaban J connectivity index is 3.58. The van der Waals surface area contributed by atoms with Gasteiger partial charge in [-0.1, -0.05) is 60.8 Å². The zero-order valence-electron chi connectivity index (χ0n) is 11.1. The minimum Gasteiger partial charge on any atom is -0.0654 e. The highest BCUT2D eigenvalue weighted by molar-refractivity contribution is 4.89. The predicted octanol–water partition coefficient (Wildman–Crippen LogP) is 5.23. The first-order valence-corrected chi connectivity index (χ1v) is 6.19. The van der Waals surface area contributed by atoms with E-state index in [4.69, 9.17) is 0 Å². The molecule has 1 unspecified atom stereocenters. The Morgan fingerprint density at radius 1 is 1.21 bits per heavy atom. The van der Waals surface area contributed by atoms with Crippen molar-refractivity contribution >= 4 is 0 Å². The second-order valence-electron chi connectivity index (χ2n) is 5.95. The Kier molecular flexibility index (Phi) is 6.48. The summed E-state index contributed by atoms with van der Waals surface area (Å²) in [6.07, 6.45) is 6.73. The molecule has 0 spiro atoms. The maximum Gasteiger partial charge on any atom is -0.0244 e. The van der Waals surface area contributed by atoms with Gasteiger partial charge in [0.1, 0.15) is 0 Å². The molecule has 0 aliphatic rings. The van der Waals surface area contributed by atoms with Crippen LogP contribution in [0, 0.1) is 17.3 Å². The second-order valence-corrected chi connectivity index (χ2v) is 5.95. The lowest BCUT2D eigenvalue weighted by atomic mass is 9.84. The van der Waals surface area contributed by atoms with Crippen molar-refractivity contribution in [2.75, 3.05) is 0 Å². The quantitative estimate of drug-likeness (QED) is 0.546. The van der Waals surface area contributed by atoms with E-state index in [1.54, 1.807) is 5.92 Å². The van der Waals surface area contributed by atoms with Crippen LogP contribution in [0.3, 0.4) is 0 Å². The van der Waals surface area contributed by atoms with E-state index in [2.05, 4.69) is 41.5 Å². The Bertz CT molecular complexity index is 129. The molecule has 0 nitrogen and oxygen atoms in total. The van der Waals surface area contributed by atoms with E-state index < -0.39 is 0 Å². The molecule has 85 valence electrons. The van der Waals surface area contributed by atoms with Gasteiger partial charge in [-0.15, -0.1) is 0 Å². The molecule has 0 N–H and O–H groups in total. The van der Waals surface area contributed by atoms with Gasteiger partial charge in [-0.05, 0) is 30.1 Å². The summed E-state index contributed by atoms with van der Waals surface area (Å²) in [5, 5.41) is 0. The van der Waals surface area contributed by atoms with Gasteiger partial charge in [-0.2, -0.15) is 0 Å². The fraction of sp³-hybridized carbons (Fsp3) is 0.929. The standard InChI is InChI=1S/C14H29/c1-7-9-12(2)13(3)10-8-11-14(4,5)6/h12H,7-11H2,1-6H3. The molecule has 0 amide bonds. The number of rotatable bonds is 6. The number of hydrogen-bond donors (Lipinski definition) is 0. The van der Waals surface area contributed by atoms with Gasteiger partial charge < -0.3 is 0 Å². The van der Waals surface area contributed by atoms with Crippen LogP contribution in [0.25, 0.3) is 0 Å². The van der Waals surface area contributed by atoms with E-state index in [0.29, 0.717) is 5.41 Å². The first kappa shape index (κ1) is 14.0. The summed E-state index contributed by atoms with van der Waals surface area (Å²) >= 11 is 0. The van der Waals surface area contributed by atoms with E-state index in [-0.39, 0.29) is 0 Å². The Hall–Kier alpha value is 0. The van der Waals surface area contributed by atoms with Gasteiger partial charge in [-0.25, -0.2) is 0 Å². The molecule has 0 bridgehead atoms. The van der Waals surface area contributed by atoms with Gasteiger partial charge in [-0.3, -0.25) is 0 Å². The molecule has 0 aliphatic carbocycles. The monoisotopic (exact) mass is 197 g/mol. The summed E-state index contributed by atoms with van der Waals surface area (Å²) in [4.78, 5) is 0. The van der Waals surface area contributed by atoms with Crippen molar-refractivity contribution in [3.8, 4) is 0 Å². The lowest BCUT2D eigenvalue weighted by Crippen LogP contribution is -2.09. The highest BCUT2D eigenvalue weighted by Gasteiger charge is 2.14. The maximum absolute atomic E-state index is 2.37. The first-order valence-electron chi connectivity index (χ1n) is 6.19. The SMILES string of the molecule is CCCC(C)[C](C)CCCC(C)(C)C. The molecular weight excluding hydrogens is 168 g/mol. The molecule has 0 fully saturated rings. The normalized spacial score (nSPS) is 14.8. The van der Waals surface area contributed by atoms with E-state index in [0.717, 1.165) is 5.92 Å². The van der Waals surface area contributed by atoms with E-state index in [1.807, 2.05) is 0 Å². The average Bonchev–Trinajstić information content (AvgIpc) is 2.02. The zero-order valence-corrected chi connectivity index (χ0v) is 11.1. The summed E-state index contributed by atoms with van der Waals surface area (Å²) in [5.74, 6) is 2.54. The highest BCUT2D eigenvalue weighted by atomic mass is 14.2. The Labute approximate surface area is 91.5 Å². The van der Waals surface area contributed by atoms with E-state index in [9.17, 15) is 0 Å². The molecule has 0 aromatic heterocycles. The molecule has 0 saturated carbocycles. The first-order chi connectivity index (χ1) is 6.37. The van der Waals surface area contributed by atoms with Gasteiger partial charge in [0.25, 0.3) is 0 Å². The maximum atomic E-state index is 2.37. The largest absolute Gasteiger partial charge is 0.0654 e. The molecule has 14 heavy (non-hydrogen) atoms. The highest BCUT2D eigenvalue weighted by Crippen LogP contribution is 2.28. The van der Waals surface area contributed by atoms with Crippen molar-refractivity contribution in [3.05, 3.63) is 5.92 Å². The van der Waals surface area contributed by atoms with E-state index >= 15 is 0 Å². The van der Waals surface area contributed by atoms with Gasteiger partial charge in [0.15, 0.2) is 0 Å². The van der Waals surface area contributed by atoms with Crippen LogP contribution in [0.1, 0.15) is 73.6 Å². The van der Waals surface area contributed by atoms with Crippen molar-refractivity contribution in [1.82, 2.24) is 0 Å². The van der Waals surface area contributed by atoms with Crippen LogP contribution in [0.5, 0.6) is 0 Å². The van der Waals surface area contributed by atoms with Crippen LogP contribution in [0.4, 0.5) is 0 Å². The third-order valence-electron chi connectivity index (χ3n) is 3.06. The molecule has 1 radical (unpaired) electrons. The second kappa shape index (κ2) is 6.48. The van der Waals surface area contributed by atoms with Crippen LogP contribution in [0.2, 0.25) is 0 Å². The Morgan fingerprint density at radius 3 is 2.21 bits per heavy atom. The van der Waals surface area contributed by atoms with Crippen molar-refractivity contribution in [2.45, 2.75) is 73.6 Å². The smallest absolute Gasteiger partial charge is 0.0244 e. The van der Waals surface area contributed by atoms with Crippen molar-refractivity contribution in [2.24, 2.45) is 11.3 Å². The number of hydrogen-bond acceptors (Lipinski definition) is 0. The van der Waals surface area contributed by atoms with Crippen LogP contribution in [-0.2, 0) is 0 Å². The molecule has 1 atom stereocenters. The topological polar surface area (TPSA) is 0 Å². The van der Waals surface area contributed by atoms with Gasteiger partial charge in [0, 0.05) is 0 Å². The predicted molar refractivity (Wildman–Crippen MR) is 66.3 cm³/mol. The van der Waals surface area contributed by atoms with Crippen LogP contribution in [0.15, 0.2) is 0 Å². The zero-order chi connectivity index (χ0) is 11.2. The fourth-order valence-electron chi connectivity index (χ4n) is 1.82. The molecule has 0 heteroatoms. The van der Waals surface area contributed by atoms with Gasteiger partial charge in [0.2, 0.25) is 0 Å². The molecule has 0 aromatic rings. The minimum absolute atomic E-state index is 0.508. The summed E-state index contributed by atoms with van der Waals surface area (Å²) in [6, 6.07) is 0. The fourth-order valence-corrected chi connectivity index (χ4v) is 1.82.